The molecule has 0 bridgehead atoms. The molecule has 3 aliphatic rings. The molecular weight excluding hydrogens is 388 g/mol. The van der Waals surface area contributed by atoms with Crippen LogP contribution in [0.3, 0.4) is 0 Å². The van der Waals surface area contributed by atoms with E-state index in [4.69, 9.17) is 4.98 Å². The smallest absolute Gasteiger partial charge is 0.225 e. The zero-order valence-electron chi connectivity index (χ0n) is 17.0. The summed E-state index contributed by atoms with van der Waals surface area (Å²) in [6.07, 6.45) is 7.99. The fraction of sp³-hybridized carbons (Fsp3) is 0.650. The minimum atomic E-state index is -3.20. The van der Waals surface area contributed by atoms with Crippen molar-refractivity contribution < 1.29 is 8.42 Å². The van der Waals surface area contributed by atoms with Crippen LogP contribution in [0.5, 0.6) is 0 Å². The van der Waals surface area contributed by atoms with Crippen LogP contribution in [0.2, 0.25) is 0 Å². The number of likely N-dealkylation sites (tertiary alicyclic amines) is 1. The fourth-order valence-corrected chi connectivity index (χ4v) is 7.13. The van der Waals surface area contributed by atoms with Crippen molar-refractivity contribution in [1.29, 1.82) is 0 Å². The van der Waals surface area contributed by atoms with E-state index in [9.17, 15) is 8.42 Å². The molecule has 0 spiro atoms. The minimum Gasteiger partial charge on any atom is -0.341 e. The second-order valence-electron chi connectivity index (χ2n) is 8.94. The van der Waals surface area contributed by atoms with E-state index in [1.807, 2.05) is 19.4 Å². The van der Waals surface area contributed by atoms with Gasteiger partial charge in [0.1, 0.15) is 0 Å². The summed E-state index contributed by atoms with van der Waals surface area (Å²) in [5.74, 6) is 1.38. The lowest BCUT2D eigenvalue weighted by molar-refractivity contribution is 0.326. The van der Waals surface area contributed by atoms with E-state index in [1.165, 1.54) is 6.42 Å². The van der Waals surface area contributed by atoms with Gasteiger partial charge in [-0.3, -0.25) is 9.58 Å². The number of rotatable bonds is 3. The Morgan fingerprint density at radius 3 is 2.83 bits per heavy atom. The van der Waals surface area contributed by atoms with Crippen LogP contribution in [-0.2, 0) is 29.2 Å². The van der Waals surface area contributed by atoms with Crippen molar-refractivity contribution in [3.8, 4) is 0 Å². The van der Waals surface area contributed by atoms with E-state index in [-0.39, 0.29) is 16.9 Å². The van der Waals surface area contributed by atoms with E-state index < -0.39 is 9.84 Å². The Hall–Kier alpha value is -2.00. The summed E-state index contributed by atoms with van der Waals surface area (Å²) in [6, 6.07) is 0. The van der Waals surface area contributed by atoms with Crippen molar-refractivity contribution in [3.05, 3.63) is 35.4 Å². The van der Waals surface area contributed by atoms with Crippen molar-refractivity contribution >= 4 is 15.8 Å². The van der Waals surface area contributed by atoms with Crippen LogP contribution in [0.25, 0.3) is 0 Å². The lowest BCUT2D eigenvalue weighted by atomic mass is 9.99. The average Bonchev–Trinajstić information content (AvgIpc) is 3.28. The molecule has 0 radical (unpaired) electrons. The first-order valence-corrected chi connectivity index (χ1v) is 12.1. The molecule has 0 N–H and O–H groups in total. The molecule has 0 aromatic carbocycles. The molecule has 5 heterocycles. The number of aryl methyl sites for hydroxylation is 1. The van der Waals surface area contributed by atoms with Crippen molar-refractivity contribution in [2.75, 3.05) is 31.1 Å². The van der Waals surface area contributed by atoms with Gasteiger partial charge < -0.3 is 4.90 Å². The molecule has 2 fully saturated rings. The molecule has 3 atom stereocenters. The van der Waals surface area contributed by atoms with Crippen molar-refractivity contribution in [2.24, 2.45) is 13.0 Å². The van der Waals surface area contributed by atoms with E-state index in [2.05, 4.69) is 26.8 Å². The van der Waals surface area contributed by atoms with Gasteiger partial charge in [-0.25, -0.2) is 18.4 Å². The molecule has 0 aliphatic carbocycles. The molecule has 2 aromatic heterocycles. The highest BCUT2D eigenvalue weighted by molar-refractivity contribution is 7.91. The van der Waals surface area contributed by atoms with Crippen molar-refractivity contribution in [3.63, 3.8) is 0 Å². The van der Waals surface area contributed by atoms with Gasteiger partial charge in [-0.15, -0.1) is 0 Å². The Bertz CT molecular complexity index is 1020. The second-order valence-corrected chi connectivity index (χ2v) is 11.2. The standard InChI is InChI=1S/C20H28N6O2S/c1-14-4-3-5-26(8-14)20-21-7-16-13-29(27,28)18-12-25(11-17(18)19(16)23-20)10-15-6-22-24(2)9-15/h6-7,9,14,17-18H,3-5,8,10-13H2,1-2H3/t14-,17+,18-/m1/s1. The van der Waals surface area contributed by atoms with Crippen molar-refractivity contribution in [2.45, 2.75) is 43.2 Å². The fourth-order valence-electron chi connectivity index (χ4n) is 5.11. The highest BCUT2D eigenvalue weighted by Gasteiger charge is 2.47. The normalized spacial score (nSPS) is 28.9. The lowest BCUT2D eigenvalue weighted by Gasteiger charge is -2.32. The number of hydrogen-bond acceptors (Lipinski definition) is 7. The predicted molar refractivity (Wildman–Crippen MR) is 110 cm³/mol. The van der Waals surface area contributed by atoms with Crippen LogP contribution in [0.1, 0.15) is 42.5 Å². The number of nitrogens with zero attached hydrogens (tertiary/aromatic N) is 6. The highest BCUT2D eigenvalue weighted by atomic mass is 32.2. The molecule has 3 aliphatic heterocycles. The largest absolute Gasteiger partial charge is 0.341 e. The summed E-state index contributed by atoms with van der Waals surface area (Å²) >= 11 is 0. The second kappa shape index (κ2) is 7.05. The number of hydrogen-bond donors (Lipinski definition) is 0. The molecule has 0 unspecified atom stereocenters. The van der Waals surface area contributed by atoms with Gasteiger partial charge in [-0.1, -0.05) is 6.92 Å². The van der Waals surface area contributed by atoms with E-state index in [0.717, 1.165) is 42.3 Å². The molecule has 156 valence electrons. The van der Waals surface area contributed by atoms with E-state index >= 15 is 0 Å². The summed E-state index contributed by atoms with van der Waals surface area (Å²) in [5, 5.41) is 3.85. The molecular formula is C20H28N6O2S. The SMILES string of the molecule is C[C@@H]1CCCN(c2ncc3c(n2)[C@H]2CN(Cc4cnn(C)c4)C[C@H]2S(=O)(=O)C3)C1. The third kappa shape index (κ3) is 3.54. The Labute approximate surface area is 171 Å². The Morgan fingerprint density at radius 2 is 2.07 bits per heavy atom. The van der Waals surface area contributed by atoms with Gasteiger partial charge in [-0.2, -0.15) is 5.10 Å². The molecule has 8 nitrogen and oxygen atoms in total. The minimum absolute atomic E-state index is 0.0565. The van der Waals surface area contributed by atoms with Crippen LogP contribution < -0.4 is 4.90 Å². The highest BCUT2D eigenvalue weighted by Crippen LogP contribution is 2.40. The summed E-state index contributed by atoms with van der Waals surface area (Å²) in [6.45, 7) is 6.19. The Balaban J connectivity index is 1.43. The first-order valence-electron chi connectivity index (χ1n) is 10.4. The Morgan fingerprint density at radius 1 is 1.21 bits per heavy atom. The van der Waals surface area contributed by atoms with Crippen LogP contribution in [0.4, 0.5) is 5.95 Å². The van der Waals surface area contributed by atoms with Gasteiger partial charge in [-0.05, 0) is 18.8 Å². The maximum atomic E-state index is 12.9. The average molecular weight is 417 g/mol. The van der Waals surface area contributed by atoms with Crippen LogP contribution in [0.15, 0.2) is 18.6 Å². The summed E-state index contributed by atoms with van der Waals surface area (Å²) in [5.41, 5.74) is 2.83. The zero-order chi connectivity index (χ0) is 20.2. The first-order chi connectivity index (χ1) is 13.9. The quantitative estimate of drug-likeness (QED) is 0.747. The topological polar surface area (TPSA) is 84.2 Å². The molecule has 2 saturated heterocycles. The summed E-state index contributed by atoms with van der Waals surface area (Å²) in [7, 11) is -1.30. The van der Waals surface area contributed by atoms with Crippen molar-refractivity contribution in [1.82, 2.24) is 24.6 Å². The van der Waals surface area contributed by atoms with Gasteiger partial charge in [0, 0.05) is 69.2 Å². The van der Waals surface area contributed by atoms with Gasteiger partial charge in [0.25, 0.3) is 0 Å². The molecule has 5 rings (SSSR count). The van der Waals surface area contributed by atoms with Crippen LogP contribution in [-0.4, -0.2) is 64.5 Å². The predicted octanol–water partition coefficient (Wildman–Crippen LogP) is 1.34. The first kappa shape index (κ1) is 19.0. The lowest BCUT2D eigenvalue weighted by Crippen LogP contribution is -2.38. The van der Waals surface area contributed by atoms with Crippen LogP contribution >= 0.6 is 0 Å². The molecule has 2 aromatic rings. The summed E-state index contributed by atoms with van der Waals surface area (Å²) < 4.78 is 27.7. The van der Waals surface area contributed by atoms with E-state index in [1.54, 1.807) is 10.9 Å². The van der Waals surface area contributed by atoms with Gasteiger partial charge in [0.2, 0.25) is 5.95 Å². The maximum Gasteiger partial charge on any atom is 0.225 e. The zero-order valence-corrected chi connectivity index (χ0v) is 17.8. The number of fused-ring (bicyclic) bond motifs is 3. The molecule has 0 amide bonds. The third-order valence-corrected chi connectivity index (χ3v) is 8.61. The van der Waals surface area contributed by atoms with Gasteiger partial charge in [0.05, 0.1) is 22.9 Å². The third-order valence-electron chi connectivity index (χ3n) is 6.50. The maximum absolute atomic E-state index is 12.9. The number of piperidine rings is 1. The van der Waals surface area contributed by atoms with Crippen LogP contribution in [0, 0.1) is 5.92 Å². The number of aromatic nitrogens is 4. The number of anilines is 1. The molecule has 29 heavy (non-hydrogen) atoms. The summed E-state index contributed by atoms with van der Waals surface area (Å²) in [4.78, 5) is 14.0. The number of sulfone groups is 1. The Kier molecular flexibility index (Phi) is 4.62. The monoisotopic (exact) mass is 416 g/mol. The van der Waals surface area contributed by atoms with E-state index in [0.29, 0.717) is 25.6 Å². The van der Waals surface area contributed by atoms with Gasteiger partial charge in [0.15, 0.2) is 9.84 Å². The molecule has 9 heteroatoms. The van der Waals surface area contributed by atoms with Gasteiger partial charge >= 0.3 is 0 Å². The molecule has 0 saturated carbocycles.